The van der Waals surface area contributed by atoms with Crippen LogP contribution in [-0.2, 0) is 4.79 Å². The fourth-order valence-corrected chi connectivity index (χ4v) is 1.17. The Bertz CT molecular complexity index is 176. The highest BCUT2D eigenvalue weighted by molar-refractivity contribution is 5.81. The van der Waals surface area contributed by atoms with Crippen molar-refractivity contribution < 1.29 is 4.79 Å². The van der Waals surface area contributed by atoms with E-state index in [-0.39, 0.29) is 18.0 Å². The molecular weight excluding hydrogens is 164 g/mol. The number of rotatable bonds is 5. The average Bonchev–Trinajstić information content (AvgIpc) is 2.81. The molecule has 0 aromatic carbocycles. The summed E-state index contributed by atoms with van der Waals surface area (Å²) >= 11 is 0. The quantitative estimate of drug-likeness (QED) is 0.666. The lowest BCUT2D eigenvalue weighted by atomic mass is 10.2. The Morgan fingerprint density at radius 3 is 2.46 bits per heavy atom. The van der Waals surface area contributed by atoms with Crippen molar-refractivity contribution in [1.29, 1.82) is 0 Å². The topological polar surface area (TPSA) is 41.1 Å². The minimum atomic E-state index is -0.0528. The summed E-state index contributed by atoms with van der Waals surface area (Å²) in [6, 6.07) is 0.181. The van der Waals surface area contributed by atoms with E-state index in [4.69, 9.17) is 0 Å². The second-order valence-electron chi connectivity index (χ2n) is 4.24. The van der Waals surface area contributed by atoms with E-state index in [2.05, 4.69) is 10.6 Å². The molecule has 0 spiro atoms. The van der Waals surface area contributed by atoms with Crippen molar-refractivity contribution >= 4 is 5.91 Å². The van der Waals surface area contributed by atoms with Crippen molar-refractivity contribution in [2.75, 3.05) is 6.54 Å². The Hall–Kier alpha value is -0.570. The molecular formula is C10H20N2O. The Balaban J connectivity index is 2.12. The molecule has 0 radical (unpaired) electrons. The summed E-state index contributed by atoms with van der Waals surface area (Å²) in [6.45, 7) is 6.86. The number of hydrogen-bond acceptors (Lipinski definition) is 2. The molecule has 0 aromatic rings. The largest absolute Gasteiger partial charge is 0.353 e. The van der Waals surface area contributed by atoms with Gasteiger partial charge in [0.1, 0.15) is 0 Å². The van der Waals surface area contributed by atoms with Gasteiger partial charge in [0.25, 0.3) is 0 Å². The Morgan fingerprint density at radius 1 is 1.38 bits per heavy atom. The lowest BCUT2D eigenvalue weighted by molar-refractivity contribution is -0.123. The van der Waals surface area contributed by atoms with E-state index in [9.17, 15) is 4.79 Å². The first-order valence-electron chi connectivity index (χ1n) is 5.13. The predicted molar refractivity (Wildman–Crippen MR) is 53.5 cm³/mol. The highest BCUT2D eigenvalue weighted by Gasteiger charge is 2.22. The SMILES string of the molecule is CC(C)NC(=O)C(C)NCC1CC1. The molecule has 3 heteroatoms. The first-order valence-corrected chi connectivity index (χ1v) is 5.13. The minimum absolute atomic E-state index is 0.0528. The van der Waals surface area contributed by atoms with E-state index in [0.717, 1.165) is 12.5 Å². The molecule has 0 saturated heterocycles. The van der Waals surface area contributed by atoms with Crippen LogP contribution in [0, 0.1) is 5.92 Å². The molecule has 1 amide bonds. The second kappa shape index (κ2) is 4.61. The summed E-state index contributed by atoms with van der Waals surface area (Å²) in [4.78, 5) is 11.4. The van der Waals surface area contributed by atoms with Crippen molar-refractivity contribution in [2.45, 2.75) is 45.7 Å². The van der Waals surface area contributed by atoms with Gasteiger partial charge in [-0.25, -0.2) is 0 Å². The number of hydrogen-bond donors (Lipinski definition) is 2. The number of amides is 1. The van der Waals surface area contributed by atoms with Crippen LogP contribution in [0.1, 0.15) is 33.6 Å². The maximum atomic E-state index is 11.4. The molecule has 1 fully saturated rings. The smallest absolute Gasteiger partial charge is 0.237 e. The monoisotopic (exact) mass is 184 g/mol. The van der Waals surface area contributed by atoms with E-state index in [1.807, 2.05) is 20.8 Å². The molecule has 0 aliphatic heterocycles. The molecule has 0 heterocycles. The van der Waals surface area contributed by atoms with E-state index in [0.29, 0.717) is 0 Å². The van der Waals surface area contributed by atoms with Crippen LogP contribution in [-0.4, -0.2) is 24.5 Å². The fraction of sp³-hybridized carbons (Fsp3) is 0.900. The standard InChI is InChI=1S/C10H20N2O/c1-7(2)12-10(13)8(3)11-6-9-4-5-9/h7-9,11H,4-6H2,1-3H3,(H,12,13). The van der Waals surface area contributed by atoms with Crippen molar-refractivity contribution in [3.63, 3.8) is 0 Å². The van der Waals surface area contributed by atoms with Gasteiger partial charge in [0, 0.05) is 6.04 Å². The van der Waals surface area contributed by atoms with Crippen LogP contribution in [0.4, 0.5) is 0 Å². The summed E-state index contributed by atoms with van der Waals surface area (Å²) in [6.07, 6.45) is 2.65. The van der Waals surface area contributed by atoms with Gasteiger partial charge in [-0.3, -0.25) is 4.79 Å². The van der Waals surface area contributed by atoms with Gasteiger partial charge in [-0.05, 0) is 46.1 Å². The van der Waals surface area contributed by atoms with Crippen LogP contribution in [0.15, 0.2) is 0 Å². The van der Waals surface area contributed by atoms with Gasteiger partial charge in [-0.15, -0.1) is 0 Å². The Kier molecular flexibility index (Phi) is 3.72. The molecule has 1 rings (SSSR count). The highest BCUT2D eigenvalue weighted by atomic mass is 16.2. The maximum Gasteiger partial charge on any atom is 0.237 e. The Morgan fingerprint density at radius 2 is 2.00 bits per heavy atom. The second-order valence-corrected chi connectivity index (χ2v) is 4.24. The summed E-state index contributed by atoms with van der Waals surface area (Å²) in [5.41, 5.74) is 0. The number of carbonyl (C=O) groups excluding carboxylic acids is 1. The first kappa shape index (κ1) is 10.5. The van der Waals surface area contributed by atoms with Crippen LogP contribution in [0.5, 0.6) is 0 Å². The van der Waals surface area contributed by atoms with Gasteiger partial charge in [0.2, 0.25) is 5.91 Å². The van der Waals surface area contributed by atoms with Gasteiger partial charge < -0.3 is 10.6 Å². The van der Waals surface area contributed by atoms with Crippen LogP contribution < -0.4 is 10.6 Å². The van der Waals surface area contributed by atoms with E-state index in [1.54, 1.807) is 0 Å². The molecule has 1 atom stereocenters. The lowest BCUT2D eigenvalue weighted by Crippen LogP contribution is -2.45. The van der Waals surface area contributed by atoms with Crippen molar-refractivity contribution in [3.05, 3.63) is 0 Å². The normalized spacial score (nSPS) is 18.8. The van der Waals surface area contributed by atoms with Gasteiger partial charge in [0.05, 0.1) is 6.04 Å². The molecule has 2 N–H and O–H groups in total. The lowest BCUT2D eigenvalue weighted by Gasteiger charge is -2.15. The van der Waals surface area contributed by atoms with E-state index >= 15 is 0 Å². The highest BCUT2D eigenvalue weighted by Crippen LogP contribution is 2.27. The number of nitrogens with one attached hydrogen (secondary N) is 2. The third-order valence-corrected chi connectivity index (χ3v) is 2.23. The van der Waals surface area contributed by atoms with Crippen LogP contribution in [0.25, 0.3) is 0 Å². The third kappa shape index (κ3) is 4.27. The molecule has 1 saturated carbocycles. The van der Waals surface area contributed by atoms with Crippen molar-refractivity contribution in [3.8, 4) is 0 Å². The van der Waals surface area contributed by atoms with E-state index < -0.39 is 0 Å². The zero-order chi connectivity index (χ0) is 9.84. The van der Waals surface area contributed by atoms with Gasteiger partial charge in [0.15, 0.2) is 0 Å². The summed E-state index contributed by atoms with van der Waals surface area (Å²) in [7, 11) is 0. The molecule has 13 heavy (non-hydrogen) atoms. The fourth-order valence-electron chi connectivity index (χ4n) is 1.17. The molecule has 0 bridgehead atoms. The third-order valence-electron chi connectivity index (χ3n) is 2.23. The van der Waals surface area contributed by atoms with Crippen LogP contribution >= 0.6 is 0 Å². The molecule has 76 valence electrons. The molecule has 1 unspecified atom stereocenters. The van der Waals surface area contributed by atoms with Crippen molar-refractivity contribution in [1.82, 2.24) is 10.6 Å². The molecule has 3 nitrogen and oxygen atoms in total. The van der Waals surface area contributed by atoms with Gasteiger partial charge >= 0.3 is 0 Å². The van der Waals surface area contributed by atoms with Crippen molar-refractivity contribution in [2.24, 2.45) is 5.92 Å². The van der Waals surface area contributed by atoms with Crippen LogP contribution in [0.2, 0.25) is 0 Å². The zero-order valence-corrected chi connectivity index (χ0v) is 8.76. The minimum Gasteiger partial charge on any atom is -0.353 e. The summed E-state index contributed by atoms with van der Waals surface area (Å²) < 4.78 is 0. The number of carbonyl (C=O) groups is 1. The first-order chi connectivity index (χ1) is 6.09. The molecule has 1 aliphatic carbocycles. The average molecular weight is 184 g/mol. The van der Waals surface area contributed by atoms with Crippen LogP contribution in [0.3, 0.4) is 0 Å². The van der Waals surface area contributed by atoms with Gasteiger partial charge in [-0.1, -0.05) is 0 Å². The zero-order valence-electron chi connectivity index (χ0n) is 8.76. The summed E-state index contributed by atoms with van der Waals surface area (Å²) in [5, 5.41) is 6.12. The van der Waals surface area contributed by atoms with Gasteiger partial charge in [-0.2, -0.15) is 0 Å². The molecule has 0 aromatic heterocycles. The maximum absolute atomic E-state index is 11.4. The summed E-state index contributed by atoms with van der Waals surface area (Å²) in [5.74, 6) is 0.935. The molecule has 1 aliphatic rings. The Labute approximate surface area is 80.3 Å². The predicted octanol–water partition coefficient (Wildman–Crippen LogP) is 0.899. The van der Waals surface area contributed by atoms with E-state index in [1.165, 1.54) is 12.8 Å².